The SMILES string of the molecule is CCc1nc(NC(=O)Cc2ccc(C)cc2)sc1C1CCCC(c2nnc(N)s2)C1. The molecule has 1 amide bonds. The van der Waals surface area contributed by atoms with Gasteiger partial charge in [-0.1, -0.05) is 54.5 Å². The van der Waals surface area contributed by atoms with Crippen molar-refractivity contribution in [1.82, 2.24) is 15.2 Å². The van der Waals surface area contributed by atoms with E-state index in [9.17, 15) is 4.79 Å². The van der Waals surface area contributed by atoms with Crippen LogP contribution in [-0.4, -0.2) is 21.1 Å². The molecule has 3 aromatic rings. The lowest BCUT2D eigenvalue weighted by Crippen LogP contribution is -2.14. The maximum atomic E-state index is 12.5. The number of nitrogens with two attached hydrogens (primary N) is 1. The summed E-state index contributed by atoms with van der Waals surface area (Å²) in [6.07, 6.45) is 5.71. The Hall–Kier alpha value is -2.32. The third-order valence-electron chi connectivity index (χ3n) is 5.64. The zero-order valence-electron chi connectivity index (χ0n) is 17.4. The van der Waals surface area contributed by atoms with Gasteiger partial charge in [-0.3, -0.25) is 4.79 Å². The molecule has 1 aliphatic carbocycles. The van der Waals surface area contributed by atoms with E-state index in [-0.39, 0.29) is 5.91 Å². The van der Waals surface area contributed by atoms with Crippen LogP contribution in [0.25, 0.3) is 0 Å². The molecule has 1 fully saturated rings. The van der Waals surface area contributed by atoms with E-state index in [1.807, 2.05) is 31.2 Å². The lowest BCUT2D eigenvalue weighted by molar-refractivity contribution is -0.115. The highest BCUT2D eigenvalue weighted by molar-refractivity contribution is 7.16. The van der Waals surface area contributed by atoms with Crippen LogP contribution in [0.2, 0.25) is 0 Å². The number of benzene rings is 1. The van der Waals surface area contributed by atoms with E-state index in [4.69, 9.17) is 10.7 Å². The summed E-state index contributed by atoms with van der Waals surface area (Å²) in [5.74, 6) is 0.835. The van der Waals surface area contributed by atoms with Crippen molar-refractivity contribution in [2.24, 2.45) is 0 Å². The molecule has 4 rings (SSSR count). The Morgan fingerprint density at radius 1 is 1.17 bits per heavy atom. The smallest absolute Gasteiger partial charge is 0.230 e. The second-order valence-corrected chi connectivity index (χ2v) is 10.0. The number of nitrogens with zero attached hydrogens (tertiary/aromatic N) is 3. The quantitative estimate of drug-likeness (QED) is 0.557. The topological polar surface area (TPSA) is 93.8 Å². The van der Waals surface area contributed by atoms with Gasteiger partial charge in [0.15, 0.2) is 5.13 Å². The van der Waals surface area contributed by atoms with E-state index in [0.717, 1.165) is 48.4 Å². The molecule has 0 radical (unpaired) electrons. The second kappa shape index (κ2) is 9.22. The average Bonchev–Trinajstić information content (AvgIpc) is 3.36. The minimum absolute atomic E-state index is 0.0207. The van der Waals surface area contributed by atoms with Gasteiger partial charge in [-0.25, -0.2) is 4.98 Å². The summed E-state index contributed by atoms with van der Waals surface area (Å²) < 4.78 is 0. The van der Waals surface area contributed by atoms with Crippen LogP contribution in [-0.2, 0) is 17.6 Å². The highest BCUT2D eigenvalue weighted by atomic mass is 32.1. The van der Waals surface area contributed by atoms with E-state index in [2.05, 4.69) is 22.4 Å². The van der Waals surface area contributed by atoms with Crippen molar-refractivity contribution in [2.75, 3.05) is 11.1 Å². The minimum Gasteiger partial charge on any atom is -0.374 e. The number of hydrogen-bond acceptors (Lipinski definition) is 7. The summed E-state index contributed by atoms with van der Waals surface area (Å²) in [5.41, 5.74) is 9.09. The molecule has 1 aromatic carbocycles. The summed E-state index contributed by atoms with van der Waals surface area (Å²) in [6, 6.07) is 8.07. The van der Waals surface area contributed by atoms with Crippen LogP contribution in [0.3, 0.4) is 0 Å². The van der Waals surface area contributed by atoms with Crippen LogP contribution < -0.4 is 11.1 Å². The van der Waals surface area contributed by atoms with Gasteiger partial charge in [0.2, 0.25) is 11.0 Å². The number of carbonyl (C=O) groups is 1. The zero-order chi connectivity index (χ0) is 21.1. The van der Waals surface area contributed by atoms with Gasteiger partial charge < -0.3 is 11.1 Å². The Labute approximate surface area is 185 Å². The van der Waals surface area contributed by atoms with E-state index < -0.39 is 0 Å². The van der Waals surface area contributed by atoms with Crippen LogP contribution in [0.1, 0.15) is 71.1 Å². The predicted molar refractivity (Wildman–Crippen MR) is 123 cm³/mol. The molecule has 2 unspecified atom stereocenters. The van der Waals surface area contributed by atoms with Gasteiger partial charge in [-0.15, -0.1) is 21.5 Å². The molecule has 2 heterocycles. The maximum absolute atomic E-state index is 12.5. The van der Waals surface area contributed by atoms with Crippen molar-refractivity contribution in [1.29, 1.82) is 0 Å². The first-order valence-corrected chi connectivity index (χ1v) is 12.1. The molecule has 0 aliphatic heterocycles. The molecule has 0 bridgehead atoms. The van der Waals surface area contributed by atoms with Crippen molar-refractivity contribution in [3.63, 3.8) is 0 Å². The molecule has 1 aliphatic rings. The molecule has 2 aromatic heterocycles. The van der Waals surface area contributed by atoms with Crippen molar-refractivity contribution in [2.45, 2.75) is 64.2 Å². The summed E-state index contributed by atoms with van der Waals surface area (Å²) in [5, 5.41) is 13.6. The maximum Gasteiger partial charge on any atom is 0.230 e. The number of carbonyl (C=O) groups excluding carboxylic acids is 1. The monoisotopic (exact) mass is 441 g/mol. The fourth-order valence-electron chi connectivity index (χ4n) is 4.11. The summed E-state index contributed by atoms with van der Waals surface area (Å²) in [4.78, 5) is 18.6. The van der Waals surface area contributed by atoms with Crippen molar-refractivity contribution < 1.29 is 4.79 Å². The Morgan fingerprint density at radius 2 is 1.93 bits per heavy atom. The molecule has 0 spiro atoms. The molecule has 2 atom stereocenters. The number of nitrogen functional groups attached to an aromatic ring is 1. The molecule has 3 N–H and O–H groups in total. The van der Waals surface area contributed by atoms with Gasteiger partial charge in [-0.05, 0) is 44.1 Å². The van der Waals surface area contributed by atoms with Gasteiger partial charge in [0.1, 0.15) is 5.01 Å². The largest absolute Gasteiger partial charge is 0.374 e. The first-order chi connectivity index (χ1) is 14.5. The fourth-order valence-corrected chi connectivity index (χ4v) is 6.08. The Morgan fingerprint density at radius 3 is 2.63 bits per heavy atom. The van der Waals surface area contributed by atoms with Crippen molar-refractivity contribution in [3.8, 4) is 0 Å². The van der Waals surface area contributed by atoms with E-state index in [0.29, 0.717) is 28.5 Å². The van der Waals surface area contributed by atoms with E-state index >= 15 is 0 Å². The number of amides is 1. The molecule has 158 valence electrons. The van der Waals surface area contributed by atoms with Crippen molar-refractivity contribution >= 4 is 38.8 Å². The van der Waals surface area contributed by atoms with Crippen LogP contribution in [0, 0.1) is 6.92 Å². The van der Waals surface area contributed by atoms with Crippen molar-refractivity contribution in [3.05, 3.63) is 51.0 Å². The van der Waals surface area contributed by atoms with Gasteiger partial charge in [0, 0.05) is 10.8 Å². The molecule has 30 heavy (non-hydrogen) atoms. The average molecular weight is 442 g/mol. The lowest BCUT2D eigenvalue weighted by Gasteiger charge is -2.27. The molecule has 1 saturated carbocycles. The molecular weight excluding hydrogens is 414 g/mol. The summed E-state index contributed by atoms with van der Waals surface area (Å²) in [6.45, 7) is 4.17. The normalized spacial score (nSPS) is 19.0. The minimum atomic E-state index is -0.0207. The number of anilines is 2. The molecule has 6 nitrogen and oxygen atoms in total. The number of hydrogen-bond donors (Lipinski definition) is 2. The van der Waals surface area contributed by atoms with Crippen LogP contribution in [0.4, 0.5) is 10.3 Å². The highest BCUT2D eigenvalue weighted by Gasteiger charge is 2.30. The summed E-state index contributed by atoms with van der Waals surface area (Å²) >= 11 is 3.14. The highest BCUT2D eigenvalue weighted by Crippen LogP contribution is 2.45. The Bertz CT molecular complexity index is 1010. The van der Waals surface area contributed by atoms with E-state index in [1.54, 1.807) is 11.3 Å². The van der Waals surface area contributed by atoms with Gasteiger partial charge in [0.05, 0.1) is 12.1 Å². The number of nitrogens with one attached hydrogen (secondary N) is 1. The van der Waals surface area contributed by atoms with Gasteiger partial charge in [-0.2, -0.15) is 0 Å². The third kappa shape index (κ3) is 4.87. The van der Waals surface area contributed by atoms with E-state index in [1.165, 1.54) is 21.8 Å². The van der Waals surface area contributed by atoms with Crippen LogP contribution in [0.15, 0.2) is 24.3 Å². The molecule has 8 heteroatoms. The molecule has 0 saturated heterocycles. The fraction of sp³-hybridized carbons (Fsp3) is 0.455. The first kappa shape index (κ1) is 20.9. The van der Waals surface area contributed by atoms with Gasteiger partial charge >= 0.3 is 0 Å². The predicted octanol–water partition coefficient (Wildman–Crippen LogP) is 5.07. The van der Waals surface area contributed by atoms with Crippen LogP contribution in [0.5, 0.6) is 0 Å². The number of aryl methyl sites for hydroxylation is 2. The lowest BCUT2D eigenvalue weighted by atomic mass is 9.80. The number of thiazole rings is 1. The zero-order valence-corrected chi connectivity index (χ0v) is 19.0. The van der Waals surface area contributed by atoms with Crippen LogP contribution >= 0.6 is 22.7 Å². The third-order valence-corrected chi connectivity index (χ3v) is 7.74. The standard InChI is InChI=1S/C22H27N5OS2/c1-3-17-19(15-5-4-6-16(12-15)20-26-27-21(23)30-20)29-22(24-17)25-18(28)11-14-9-7-13(2)8-10-14/h7-10,15-16H,3-6,11-12H2,1-2H3,(H2,23,27)(H,24,25,28). The number of aromatic nitrogens is 3. The summed E-state index contributed by atoms with van der Waals surface area (Å²) in [7, 11) is 0. The second-order valence-electron chi connectivity index (χ2n) is 7.93. The Kier molecular flexibility index (Phi) is 6.43. The first-order valence-electron chi connectivity index (χ1n) is 10.5. The number of rotatable bonds is 6. The Balaban J connectivity index is 1.45. The van der Waals surface area contributed by atoms with Gasteiger partial charge in [0.25, 0.3) is 0 Å². The molecular formula is C22H27N5OS2.